The van der Waals surface area contributed by atoms with E-state index in [9.17, 15) is 9.18 Å². The molecule has 0 aromatic heterocycles. The van der Waals surface area contributed by atoms with Crippen molar-refractivity contribution in [2.24, 2.45) is 11.8 Å². The first-order valence-electron chi connectivity index (χ1n) is 9.63. The van der Waals surface area contributed by atoms with Gasteiger partial charge >= 0.3 is 0 Å². The number of hydrogen-bond acceptors (Lipinski definition) is 3. The number of rotatable bonds is 4. The molecular weight excluding hydrogens is 317 g/mol. The molecular formula is C20H28FN3O. The minimum absolute atomic E-state index is 0.0486. The van der Waals surface area contributed by atoms with E-state index >= 15 is 0 Å². The number of anilines is 1. The highest BCUT2D eigenvalue weighted by atomic mass is 19.1. The Hall–Kier alpha value is -1.62. The van der Waals surface area contributed by atoms with Gasteiger partial charge in [-0.2, -0.15) is 0 Å². The van der Waals surface area contributed by atoms with Crippen molar-refractivity contribution in [3.8, 4) is 0 Å². The van der Waals surface area contributed by atoms with Crippen molar-refractivity contribution < 1.29 is 9.18 Å². The Bertz CT molecular complexity index is 673. The molecule has 3 N–H and O–H groups in total. The topological polar surface area (TPSA) is 53.2 Å². The van der Waals surface area contributed by atoms with Crippen LogP contribution in [-0.4, -0.2) is 30.6 Å². The Labute approximate surface area is 148 Å². The predicted octanol–water partition coefficient (Wildman–Crippen LogP) is 2.75. The zero-order valence-corrected chi connectivity index (χ0v) is 15.1. The number of halogens is 1. The number of nitrogens with one attached hydrogen (secondary N) is 3. The zero-order chi connectivity index (χ0) is 17.6. The van der Waals surface area contributed by atoms with Gasteiger partial charge < -0.3 is 16.0 Å². The van der Waals surface area contributed by atoms with Crippen molar-refractivity contribution in [3.63, 3.8) is 0 Å². The number of fused-ring (bicyclic) bond motifs is 1. The third-order valence-corrected chi connectivity index (χ3v) is 6.20. The van der Waals surface area contributed by atoms with E-state index in [1.54, 1.807) is 13.0 Å². The van der Waals surface area contributed by atoms with Crippen LogP contribution in [0, 0.1) is 24.6 Å². The molecule has 3 aliphatic rings. The quantitative estimate of drug-likeness (QED) is 0.786. The summed E-state index contributed by atoms with van der Waals surface area (Å²) in [4.78, 5) is 12.9. The standard InChI is InChI=1S/C20H28FN3O/c1-11-4-3-9-22-17(11)19(13-5-6-13)24-20(25)16-10-14-7-8-15(21)12(2)18(14)23-16/h7-8,11,13,16-17,19,22-23H,3-6,9-10H2,1-2H3,(H,24,25). The first kappa shape index (κ1) is 16.8. The number of benzene rings is 1. The number of carbonyl (C=O) groups is 1. The first-order valence-corrected chi connectivity index (χ1v) is 9.63. The summed E-state index contributed by atoms with van der Waals surface area (Å²) in [5.41, 5.74) is 2.44. The molecule has 1 amide bonds. The lowest BCUT2D eigenvalue weighted by Gasteiger charge is -2.37. The van der Waals surface area contributed by atoms with E-state index in [1.165, 1.54) is 31.7 Å². The van der Waals surface area contributed by atoms with Crippen molar-refractivity contribution in [1.82, 2.24) is 10.6 Å². The number of hydrogen-bond donors (Lipinski definition) is 3. The summed E-state index contributed by atoms with van der Waals surface area (Å²) in [6.07, 6.45) is 5.49. The molecule has 0 bridgehead atoms. The summed E-state index contributed by atoms with van der Waals surface area (Å²) < 4.78 is 13.8. The van der Waals surface area contributed by atoms with E-state index in [0.717, 1.165) is 17.8 Å². The third kappa shape index (κ3) is 3.26. The van der Waals surface area contributed by atoms with Crippen LogP contribution in [0.2, 0.25) is 0 Å². The second kappa shape index (κ2) is 6.60. The molecule has 4 atom stereocenters. The molecule has 1 aliphatic carbocycles. The van der Waals surface area contributed by atoms with E-state index in [2.05, 4.69) is 22.9 Å². The number of piperidine rings is 1. The Kier molecular flexibility index (Phi) is 4.44. The molecule has 1 aromatic carbocycles. The van der Waals surface area contributed by atoms with Gasteiger partial charge in [0.2, 0.25) is 5.91 Å². The monoisotopic (exact) mass is 345 g/mol. The van der Waals surface area contributed by atoms with Crippen molar-refractivity contribution in [1.29, 1.82) is 0 Å². The van der Waals surface area contributed by atoms with E-state index in [0.29, 0.717) is 29.9 Å². The summed E-state index contributed by atoms with van der Waals surface area (Å²) in [7, 11) is 0. The Morgan fingerprint density at radius 3 is 2.84 bits per heavy atom. The summed E-state index contributed by atoms with van der Waals surface area (Å²) in [5.74, 6) is 1.02. The van der Waals surface area contributed by atoms with Crippen LogP contribution in [-0.2, 0) is 11.2 Å². The second-order valence-corrected chi connectivity index (χ2v) is 8.08. The lowest BCUT2D eigenvalue weighted by Crippen LogP contribution is -2.58. The van der Waals surface area contributed by atoms with E-state index in [1.807, 2.05) is 0 Å². The van der Waals surface area contributed by atoms with Gasteiger partial charge in [-0.3, -0.25) is 4.79 Å². The highest BCUT2D eigenvalue weighted by molar-refractivity contribution is 5.88. The number of carbonyl (C=O) groups excluding carboxylic acids is 1. The van der Waals surface area contributed by atoms with Gasteiger partial charge in [-0.05, 0) is 62.6 Å². The van der Waals surface area contributed by atoms with Crippen molar-refractivity contribution in [2.45, 2.75) is 64.1 Å². The summed E-state index contributed by atoms with van der Waals surface area (Å²) in [6, 6.07) is 3.58. The predicted molar refractivity (Wildman–Crippen MR) is 97.1 cm³/mol. The fourth-order valence-corrected chi connectivity index (χ4v) is 4.49. The summed E-state index contributed by atoms with van der Waals surface area (Å²) in [6.45, 7) is 5.09. The molecule has 4 rings (SSSR count). The smallest absolute Gasteiger partial charge is 0.243 e. The average molecular weight is 345 g/mol. The molecule has 2 aliphatic heterocycles. The van der Waals surface area contributed by atoms with E-state index < -0.39 is 0 Å². The van der Waals surface area contributed by atoms with Gasteiger partial charge in [0.25, 0.3) is 0 Å². The Balaban J connectivity index is 1.45. The molecule has 136 valence electrons. The second-order valence-electron chi connectivity index (χ2n) is 8.08. The van der Waals surface area contributed by atoms with Gasteiger partial charge in [0.15, 0.2) is 0 Å². The molecule has 1 saturated heterocycles. The van der Waals surface area contributed by atoms with Crippen LogP contribution in [0.25, 0.3) is 0 Å². The van der Waals surface area contributed by atoms with Crippen molar-refractivity contribution in [3.05, 3.63) is 29.1 Å². The Morgan fingerprint density at radius 1 is 1.32 bits per heavy atom. The van der Waals surface area contributed by atoms with Crippen LogP contribution >= 0.6 is 0 Å². The normalized spacial score (nSPS) is 29.6. The largest absolute Gasteiger partial charge is 0.373 e. The molecule has 5 heteroatoms. The molecule has 0 spiro atoms. The molecule has 0 radical (unpaired) electrons. The Morgan fingerprint density at radius 2 is 2.12 bits per heavy atom. The van der Waals surface area contributed by atoms with Gasteiger partial charge in [-0.1, -0.05) is 13.0 Å². The van der Waals surface area contributed by atoms with Gasteiger partial charge in [-0.15, -0.1) is 0 Å². The van der Waals surface area contributed by atoms with E-state index in [4.69, 9.17) is 0 Å². The maximum Gasteiger partial charge on any atom is 0.243 e. The van der Waals surface area contributed by atoms with Crippen LogP contribution in [0.1, 0.15) is 43.7 Å². The van der Waals surface area contributed by atoms with Crippen LogP contribution in [0.4, 0.5) is 10.1 Å². The first-order chi connectivity index (χ1) is 12.0. The van der Waals surface area contributed by atoms with Gasteiger partial charge in [-0.25, -0.2) is 4.39 Å². The molecule has 25 heavy (non-hydrogen) atoms. The maximum absolute atomic E-state index is 13.8. The molecule has 1 aromatic rings. The lowest BCUT2D eigenvalue weighted by atomic mass is 9.85. The molecule has 4 unspecified atom stereocenters. The maximum atomic E-state index is 13.8. The summed E-state index contributed by atoms with van der Waals surface area (Å²) in [5, 5.41) is 10.2. The van der Waals surface area contributed by atoms with Crippen LogP contribution < -0.4 is 16.0 Å². The molecule has 2 fully saturated rings. The van der Waals surface area contributed by atoms with Crippen molar-refractivity contribution in [2.75, 3.05) is 11.9 Å². The van der Waals surface area contributed by atoms with Crippen LogP contribution in [0.15, 0.2) is 12.1 Å². The average Bonchev–Trinajstić information content (AvgIpc) is 3.35. The zero-order valence-electron chi connectivity index (χ0n) is 15.1. The highest BCUT2D eigenvalue weighted by Crippen LogP contribution is 2.37. The van der Waals surface area contributed by atoms with Gasteiger partial charge in [0.05, 0.1) is 0 Å². The number of amides is 1. The molecule has 2 heterocycles. The highest BCUT2D eigenvalue weighted by Gasteiger charge is 2.41. The third-order valence-electron chi connectivity index (χ3n) is 6.20. The van der Waals surface area contributed by atoms with E-state index in [-0.39, 0.29) is 23.8 Å². The molecule has 4 nitrogen and oxygen atoms in total. The summed E-state index contributed by atoms with van der Waals surface area (Å²) >= 11 is 0. The fourth-order valence-electron chi connectivity index (χ4n) is 4.49. The fraction of sp³-hybridized carbons (Fsp3) is 0.650. The van der Waals surface area contributed by atoms with Crippen molar-refractivity contribution >= 4 is 11.6 Å². The minimum Gasteiger partial charge on any atom is -0.373 e. The minimum atomic E-state index is -0.296. The van der Waals surface area contributed by atoms with Crippen LogP contribution in [0.5, 0.6) is 0 Å². The lowest BCUT2D eigenvalue weighted by molar-refractivity contribution is -0.123. The van der Waals surface area contributed by atoms with Crippen LogP contribution in [0.3, 0.4) is 0 Å². The van der Waals surface area contributed by atoms with Gasteiger partial charge in [0, 0.05) is 29.8 Å². The van der Waals surface area contributed by atoms with Gasteiger partial charge in [0.1, 0.15) is 11.9 Å². The SMILES string of the molecule is Cc1c(F)ccc2c1NC(C(=O)NC(C1CC1)C1NCCCC1C)C2. The molecule has 1 saturated carbocycles.